The Morgan fingerprint density at radius 3 is 3.09 bits per heavy atom. The Bertz CT molecular complexity index is 661. The fourth-order valence-corrected chi connectivity index (χ4v) is 3.46. The zero-order chi connectivity index (χ0) is 15.5. The topological polar surface area (TPSA) is 69.8 Å². The van der Waals surface area contributed by atoms with Gasteiger partial charge < -0.3 is 10.3 Å². The summed E-state index contributed by atoms with van der Waals surface area (Å²) in [5.74, 6) is 3.25. The lowest BCUT2D eigenvalue weighted by Gasteiger charge is -2.10. The second-order valence-electron chi connectivity index (χ2n) is 5.94. The van der Waals surface area contributed by atoms with E-state index in [2.05, 4.69) is 46.6 Å². The van der Waals surface area contributed by atoms with E-state index in [1.165, 1.54) is 5.56 Å². The van der Waals surface area contributed by atoms with E-state index in [1.54, 1.807) is 11.8 Å². The molecule has 0 spiro atoms. The van der Waals surface area contributed by atoms with Crippen molar-refractivity contribution in [3.8, 4) is 0 Å². The monoisotopic (exact) mass is 318 g/mol. The summed E-state index contributed by atoms with van der Waals surface area (Å²) in [7, 11) is 0. The number of imidazole rings is 1. The van der Waals surface area contributed by atoms with Gasteiger partial charge in [-0.15, -0.1) is 11.8 Å². The van der Waals surface area contributed by atoms with E-state index in [0.717, 1.165) is 34.9 Å². The van der Waals surface area contributed by atoms with Gasteiger partial charge in [-0.3, -0.25) is 10.1 Å². The van der Waals surface area contributed by atoms with Gasteiger partial charge in [0, 0.05) is 24.1 Å². The molecule has 1 aromatic heterocycles. The minimum atomic E-state index is -0.0336. The Kier molecular flexibility index (Phi) is 4.69. The van der Waals surface area contributed by atoms with Gasteiger partial charge in [0.05, 0.1) is 17.1 Å². The molecule has 1 aliphatic heterocycles. The van der Waals surface area contributed by atoms with Crippen molar-refractivity contribution in [2.75, 3.05) is 18.2 Å². The van der Waals surface area contributed by atoms with Crippen molar-refractivity contribution >= 4 is 28.7 Å². The number of benzene rings is 1. The number of nitrogens with one attached hydrogen (secondary N) is 3. The first-order chi connectivity index (χ1) is 10.6. The largest absolute Gasteiger partial charge is 0.354 e. The average Bonchev–Trinajstić information content (AvgIpc) is 3.16. The van der Waals surface area contributed by atoms with Crippen LogP contribution in [0.2, 0.25) is 0 Å². The number of carbonyl (C=O) groups is 1. The molecule has 3 N–H and O–H groups in total. The van der Waals surface area contributed by atoms with E-state index in [1.807, 2.05) is 6.07 Å². The summed E-state index contributed by atoms with van der Waals surface area (Å²) < 4.78 is 0. The third-order valence-corrected chi connectivity index (χ3v) is 4.80. The normalized spacial score (nSPS) is 18.2. The first-order valence-electron chi connectivity index (χ1n) is 7.71. The summed E-state index contributed by atoms with van der Waals surface area (Å²) in [6.45, 7) is 4.92. The second-order valence-corrected chi connectivity index (χ2v) is 6.97. The molecule has 3 rings (SSSR count). The summed E-state index contributed by atoms with van der Waals surface area (Å²) in [5.41, 5.74) is 3.28. The van der Waals surface area contributed by atoms with E-state index in [0.29, 0.717) is 12.5 Å². The van der Waals surface area contributed by atoms with Crippen molar-refractivity contribution in [3.05, 3.63) is 29.6 Å². The third kappa shape index (κ3) is 3.44. The van der Waals surface area contributed by atoms with Crippen LogP contribution in [0.15, 0.2) is 18.2 Å². The number of H-pyrrole nitrogens is 1. The van der Waals surface area contributed by atoms with E-state index < -0.39 is 0 Å². The Labute approximate surface area is 134 Å². The molecule has 1 fully saturated rings. The number of carbonyl (C=O) groups excluding carboxylic acids is 1. The van der Waals surface area contributed by atoms with E-state index in [9.17, 15) is 4.79 Å². The van der Waals surface area contributed by atoms with Crippen LogP contribution in [0.3, 0.4) is 0 Å². The van der Waals surface area contributed by atoms with E-state index in [4.69, 9.17) is 0 Å². The number of thioether (sulfide) groups is 1. The Morgan fingerprint density at radius 1 is 1.50 bits per heavy atom. The number of fused-ring (bicyclic) bond motifs is 1. The number of aromatic nitrogens is 2. The van der Waals surface area contributed by atoms with Crippen molar-refractivity contribution in [1.29, 1.82) is 0 Å². The van der Waals surface area contributed by atoms with Gasteiger partial charge in [-0.1, -0.05) is 19.9 Å². The summed E-state index contributed by atoms with van der Waals surface area (Å²) >= 11 is 1.76. The molecule has 0 radical (unpaired) electrons. The van der Waals surface area contributed by atoms with Crippen LogP contribution >= 0.6 is 11.8 Å². The first kappa shape index (κ1) is 15.4. The van der Waals surface area contributed by atoms with Crippen molar-refractivity contribution in [2.45, 2.75) is 32.2 Å². The molecule has 22 heavy (non-hydrogen) atoms. The molecule has 2 heterocycles. The molecule has 5 nitrogen and oxygen atoms in total. The summed E-state index contributed by atoms with van der Waals surface area (Å²) in [5, 5.41) is 6.18. The fraction of sp³-hybridized carbons (Fsp3) is 0.500. The number of amides is 1. The van der Waals surface area contributed by atoms with Gasteiger partial charge in [0.1, 0.15) is 5.82 Å². The molecular formula is C16H22N4OS. The predicted molar refractivity (Wildman–Crippen MR) is 91.1 cm³/mol. The highest BCUT2D eigenvalue weighted by Gasteiger charge is 2.21. The van der Waals surface area contributed by atoms with Gasteiger partial charge in [-0.25, -0.2) is 4.98 Å². The molecular weight excluding hydrogens is 296 g/mol. The van der Waals surface area contributed by atoms with E-state index >= 15 is 0 Å². The van der Waals surface area contributed by atoms with Crippen LogP contribution in [-0.4, -0.2) is 40.1 Å². The molecule has 6 heteroatoms. The van der Waals surface area contributed by atoms with Crippen LogP contribution in [0.25, 0.3) is 11.0 Å². The maximum absolute atomic E-state index is 11.9. The molecule has 2 aromatic rings. The lowest BCUT2D eigenvalue weighted by atomic mass is 10.1. The second kappa shape index (κ2) is 6.71. The van der Waals surface area contributed by atoms with Gasteiger partial charge >= 0.3 is 0 Å². The minimum Gasteiger partial charge on any atom is -0.354 e. The van der Waals surface area contributed by atoms with Gasteiger partial charge in [-0.05, 0) is 24.1 Å². The molecule has 1 atom stereocenters. The number of hydrogen-bond donors (Lipinski definition) is 3. The molecule has 1 unspecified atom stereocenters. The molecule has 0 aliphatic carbocycles. The minimum absolute atomic E-state index is 0.0336. The molecule has 118 valence electrons. The smallest absolute Gasteiger partial charge is 0.238 e. The molecule has 1 aliphatic rings. The predicted octanol–water partition coefficient (Wildman–Crippen LogP) is 2.01. The molecule has 0 saturated carbocycles. The lowest BCUT2D eigenvalue weighted by molar-refractivity contribution is -0.122. The molecule has 1 aromatic carbocycles. The van der Waals surface area contributed by atoms with E-state index in [-0.39, 0.29) is 11.9 Å². The Hall–Kier alpha value is -1.53. The van der Waals surface area contributed by atoms with Crippen LogP contribution in [0.4, 0.5) is 0 Å². The lowest BCUT2D eigenvalue weighted by Crippen LogP contribution is -2.42. The molecule has 1 amide bonds. The van der Waals surface area contributed by atoms with Gasteiger partial charge in [0.2, 0.25) is 5.91 Å². The number of hydrogen-bond acceptors (Lipinski definition) is 4. The van der Waals surface area contributed by atoms with Crippen LogP contribution in [0.5, 0.6) is 0 Å². The number of nitrogens with zero attached hydrogens (tertiary/aromatic N) is 1. The van der Waals surface area contributed by atoms with Crippen LogP contribution < -0.4 is 10.6 Å². The van der Waals surface area contributed by atoms with Crippen LogP contribution in [0.1, 0.15) is 31.2 Å². The van der Waals surface area contributed by atoms with Crippen molar-refractivity contribution in [2.24, 2.45) is 0 Å². The standard InChI is InChI=1S/C16H22N4OS/c1-10(2)15-19-12-4-3-11(7-13(12)20-15)5-6-17-16(21)14-8-22-9-18-14/h3-4,7,10,14,18H,5-6,8-9H2,1-2H3,(H,17,21)(H,19,20). The summed E-state index contributed by atoms with van der Waals surface area (Å²) in [6, 6.07) is 6.23. The highest BCUT2D eigenvalue weighted by atomic mass is 32.2. The zero-order valence-corrected chi connectivity index (χ0v) is 13.8. The average molecular weight is 318 g/mol. The highest BCUT2D eigenvalue weighted by Crippen LogP contribution is 2.18. The summed E-state index contributed by atoms with van der Waals surface area (Å²) in [4.78, 5) is 19.9. The summed E-state index contributed by atoms with van der Waals surface area (Å²) in [6.07, 6.45) is 0.831. The van der Waals surface area contributed by atoms with Gasteiger partial charge in [-0.2, -0.15) is 0 Å². The van der Waals surface area contributed by atoms with Crippen molar-refractivity contribution in [3.63, 3.8) is 0 Å². The third-order valence-electron chi connectivity index (χ3n) is 3.86. The quantitative estimate of drug-likeness (QED) is 0.789. The van der Waals surface area contributed by atoms with Gasteiger partial charge in [0.25, 0.3) is 0 Å². The maximum Gasteiger partial charge on any atom is 0.238 e. The SMILES string of the molecule is CC(C)c1nc2ccc(CCNC(=O)C3CSCN3)cc2[nH]1. The zero-order valence-electron chi connectivity index (χ0n) is 13.0. The van der Waals surface area contributed by atoms with Crippen molar-refractivity contribution < 1.29 is 4.79 Å². The van der Waals surface area contributed by atoms with Crippen LogP contribution in [0, 0.1) is 0 Å². The van der Waals surface area contributed by atoms with Crippen molar-refractivity contribution in [1.82, 2.24) is 20.6 Å². The Balaban J connectivity index is 1.58. The highest BCUT2D eigenvalue weighted by molar-refractivity contribution is 7.99. The number of rotatable bonds is 5. The van der Waals surface area contributed by atoms with Crippen LogP contribution in [-0.2, 0) is 11.2 Å². The molecule has 0 bridgehead atoms. The Morgan fingerprint density at radius 2 is 2.36 bits per heavy atom. The fourth-order valence-electron chi connectivity index (χ4n) is 2.52. The maximum atomic E-state index is 11.9. The number of aromatic amines is 1. The van der Waals surface area contributed by atoms with Gasteiger partial charge in [0.15, 0.2) is 0 Å². The first-order valence-corrected chi connectivity index (χ1v) is 8.86. The molecule has 1 saturated heterocycles.